The van der Waals surface area contributed by atoms with Crippen LogP contribution in [0.5, 0.6) is 11.5 Å². The number of hydrogen-bond donors (Lipinski definition) is 1. The number of nitrogens with zero attached hydrogens (tertiary/aromatic N) is 2. The Morgan fingerprint density at radius 3 is 2.93 bits per heavy atom. The van der Waals surface area contributed by atoms with Crippen LogP contribution in [0.15, 0.2) is 35.5 Å². The molecule has 6 nitrogen and oxygen atoms in total. The first-order chi connectivity index (χ1) is 12.9. The number of carbonyl (C=O) groups is 1. The highest BCUT2D eigenvalue weighted by atomic mass is 35.5. The van der Waals surface area contributed by atoms with Gasteiger partial charge in [0.25, 0.3) is 0 Å². The molecule has 142 valence electrons. The van der Waals surface area contributed by atoms with Crippen LogP contribution in [0.1, 0.15) is 5.56 Å². The fourth-order valence-electron chi connectivity index (χ4n) is 2.41. The molecule has 1 aliphatic heterocycles. The number of aromatic nitrogens is 1. The Labute approximate surface area is 162 Å². The van der Waals surface area contributed by atoms with E-state index < -0.39 is 6.61 Å². The number of methoxy groups -OCH3 is 1. The monoisotopic (exact) mass is 413 g/mol. The molecule has 1 N–H and O–H groups in total. The molecule has 2 aromatic rings. The quantitative estimate of drug-likeness (QED) is 0.715. The normalized spacial score (nSPS) is 12.6. The van der Waals surface area contributed by atoms with Crippen molar-refractivity contribution in [2.45, 2.75) is 13.0 Å². The lowest BCUT2D eigenvalue weighted by Gasteiger charge is -2.12. The maximum Gasteiger partial charge on any atom is 0.387 e. The molecule has 0 bridgehead atoms. The van der Waals surface area contributed by atoms with Crippen LogP contribution in [-0.2, 0) is 11.2 Å². The van der Waals surface area contributed by atoms with Crippen LogP contribution in [0.3, 0.4) is 0 Å². The van der Waals surface area contributed by atoms with Crippen LogP contribution < -0.4 is 14.8 Å². The Balaban J connectivity index is 1.56. The molecule has 1 aromatic heterocycles. The highest BCUT2D eigenvalue weighted by Gasteiger charge is 2.17. The molecule has 1 amide bonds. The van der Waals surface area contributed by atoms with Gasteiger partial charge < -0.3 is 14.8 Å². The summed E-state index contributed by atoms with van der Waals surface area (Å²) in [4.78, 5) is 20.5. The summed E-state index contributed by atoms with van der Waals surface area (Å²) < 4.78 is 34.0. The van der Waals surface area contributed by atoms with Gasteiger partial charge in [-0.25, -0.2) is 9.98 Å². The van der Waals surface area contributed by atoms with Crippen molar-refractivity contribution in [1.29, 1.82) is 0 Å². The number of nitrogens with one attached hydrogen (secondary N) is 1. The van der Waals surface area contributed by atoms with Gasteiger partial charge in [0, 0.05) is 18.2 Å². The number of anilines is 1. The van der Waals surface area contributed by atoms with Crippen LogP contribution in [0.25, 0.3) is 0 Å². The van der Waals surface area contributed by atoms with Gasteiger partial charge in [-0.15, -0.1) is 11.8 Å². The molecule has 0 radical (unpaired) electrons. The fraction of sp³-hybridized carbons (Fsp3) is 0.235. The highest BCUT2D eigenvalue weighted by molar-refractivity contribution is 8.14. The van der Waals surface area contributed by atoms with Gasteiger partial charge in [-0.3, -0.25) is 4.79 Å². The predicted molar refractivity (Wildman–Crippen MR) is 101 cm³/mol. The maximum absolute atomic E-state index is 12.3. The topological polar surface area (TPSA) is 72.8 Å². The number of halogens is 3. The molecule has 0 spiro atoms. The third kappa shape index (κ3) is 5.08. The minimum atomic E-state index is -2.96. The van der Waals surface area contributed by atoms with Gasteiger partial charge >= 0.3 is 6.61 Å². The van der Waals surface area contributed by atoms with Crippen LogP contribution in [-0.4, -0.2) is 35.4 Å². The molecular formula is C17H14ClF2N3O3S. The SMILES string of the molecule is COc1cc(NC(=O)CSC2=Nc3cnc(Cl)cc3C2)ccc1OC(F)F. The van der Waals surface area contributed by atoms with E-state index in [1.54, 1.807) is 12.3 Å². The first-order valence-corrected chi connectivity index (χ1v) is 9.08. The van der Waals surface area contributed by atoms with Gasteiger partial charge in [-0.2, -0.15) is 8.78 Å². The van der Waals surface area contributed by atoms with Gasteiger partial charge in [0.1, 0.15) is 5.15 Å². The summed E-state index contributed by atoms with van der Waals surface area (Å²) in [6.07, 6.45) is 2.20. The minimum Gasteiger partial charge on any atom is -0.493 e. The first kappa shape index (κ1) is 19.4. The van der Waals surface area contributed by atoms with Gasteiger partial charge in [-0.1, -0.05) is 11.6 Å². The summed E-state index contributed by atoms with van der Waals surface area (Å²) in [6, 6.07) is 5.93. The van der Waals surface area contributed by atoms with Gasteiger partial charge in [0.15, 0.2) is 11.5 Å². The van der Waals surface area contributed by atoms with Gasteiger partial charge in [0.2, 0.25) is 5.91 Å². The molecule has 3 rings (SSSR count). The number of hydrogen-bond acceptors (Lipinski definition) is 6. The predicted octanol–water partition coefficient (Wildman–Crippen LogP) is 4.30. The Morgan fingerprint density at radius 2 is 2.19 bits per heavy atom. The molecule has 1 aromatic carbocycles. The van der Waals surface area contributed by atoms with E-state index in [1.807, 2.05) is 0 Å². The third-order valence-corrected chi connectivity index (χ3v) is 4.73. The smallest absolute Gasteiger partial charge is 0.387 e. The van der Waals surface area contributed by atoms with E-state index >= 15 is 0 Å². The third-order valence-electron chi connectivity index (χ3n) is 3.55. The van der Waals surface area contributed by atoms with Crippen molar-refractivity contribution in [3.8, 4) is 11.5 Å². The largest absolute Gasteiger partial charge is 0.493 e. The van der Waals surface area contributed by atoms with E-state index in [0.29, 0.717) is 17.3 Å². The number of alkyl halides is 2. The first-order valence-electron chi connectivity index (χ1n) is 7.72. The van der Waals surface area contributed by atoms with Crippen LogP contribution in [0, 0.1) is 0 Å². The number of ether oxygens (including phenoxy) is 2. The molecular weight excluding hydrogens is 400 g/mol. The van der Waals surface area contributed by atoms with E-state index in [2.05, 4.69) is 20.0 Å². The molecule has 0 unspecified atom stereocenters. The molecule has 0 aliphatic carbocycles. The molecule has 0 saturated carbocycles. The van der Waals surface area contributed by atoms with E-state index in [-0.39, 0.29) is 23.2 Å². The van der Waals surface area contributed by atoms with Crippen LogP contribution in [0.4, 0.5) is 20.2 Å². The van der Waals surface area contributed by atoms with Gasteiger partial charge in [0.05, 0.1) is 29.8 Å². The van der Waals surface area contributed by atoms with E-state index in [9.17, 15) is 13.6 Å². The average molecular weight is 414 g/mol. The minimum absolute atomic E-state index is 0.0979. The van der Waals surface area contributed by atoms with Crippen LogP contribution in [0.2, 0.25) is 5.15 Å². The number of aliphatic imine (C=N–C) groups is 1. The number of fused-ring (bicyclic) bond motifs is 1. The summed E-state index contributed by atoms with van der Waals surface area (Å²) in [5.74, 6) is -0.128. The van der Waals surface area contributed by atoms with Crippen molar-refractivity contribution in [3.63, 3.8) is 0 Å². The molecule has 2 heterocycles. The number of amides is 1. The summed E-state index contributed by atoms with van der Waals surface area (Å²) >= 11 is 7.17. The van der Waals surface area contributed by atoms with Crippen molar-refractivity contribution >= 4 is 45.7 Å². The molecule has 1 aliphatic rings. The Morgan fingerprint density at radius 1 is 1.37 bits per heavy atom. The van der Waals surface area contributed by atoms with Crippen molar-refractivity contribution in [2.75, 3.05) is 18.2 Å². The standard InChI is InChI=1S/C17H14ClF2N3O3S/c1-25-13-6-10(2-3-12(13)26-17(19)20)22-15(24)8-27-16-5-9-4-14(18)21-7-11(9)23-16/h2-4,6-7,17H,5,8H2,1H3,(H,22,24). The average Bonchev–Trinajstić information content (AvgIpc) is 3.03. The zero-order valence-corrected chi connectivity index (χ0v) is 15.6. The molecule has 0 atom stereocenters. The number of pyridine rings is 1. The molecule has 0 fully saturated rings. The zero-order valence-electron chi connectivity index (χ0n) is 14.0. The number of rotatable bonds is 6. The lowest BCUT2D eigenvalue weighted by atomic mass is 10.2. The second kappa shape index (κ2) is 8.53. The number of benzene rings is 1. The van der Waals surface area contributed by atoms with Crippen molar-refractivity contribution in [1.82, 2.24) is 4.98 Å². The number of carbonyl (C=O) groups excluding carboxylic acids is 1. The van der Waals surface area contributed by atoms with Crippen molar-refractivity contribution < 1.29 is 23.0 Å². The molecule has 0 saturated heterocycles. The fourth-order valence-corrected chi connectivity index (χ4v) is 3.38. The summed E-state index contributed by atoms with van der Waals surface area (Å²) in [7, 11) is 1.33. The molecule has 10 heteroatoms. The zero-order chi connectivity index (χ0) is 19.4. The second-order valence-electron chi connectivity index (χ2n) is 5.40. The summed E-state index contributed by atoms with van der Waals surface area (Å²) in [5.41, 5.74) is 2.13. The summed E-state index contributed by atoms with van der Waals surface area (Å²) in [5, 5.41) is 3.88. The lowest BCUT2D eigenvalue weighted by molar-refractivity contribution is -0.113. The van der Waals surface area contributed by atoms with Gasteiger partial charge in [-0.05, 0) is 23.8 Å². The molecule has 27 heavy (non-hydrogen) atoms. The highest BCUT2D eigenvalue weighted by Crippen LogP contribution is 2.32. The lowest BCUT2D eigenvalue weighted by Crippen LogP contribution is -2.15. The second-order valence-corrected chi connectivity index (χ2v) is 6.83. The van der Waals surface area contributed by atoms with E-state index in [1.165, 1.54) is 37.1 Å². The van der Waals surface area contributed by atoms with E-state index in [4.69, 9.17) is 16.3 Å². The Bertz CT molecular complexity index is 896. The number of thioether (sulfide) groups is 1. The Kier molecular flexibility index (Phi) is 6.12. The Hall–Kier alpha value is -2.39. The summed E-state index contributed by atoms with van der Waals surface area (Å²) in [6.45, 7) is -2.96. The maximum atomic E-state index is 12.3. The van der Waals surface area contributed by atoms with Crippen LogP contribution >= 0.6 is 23.4 Å². The van der Waals surface area contributed by atoms with Crippen molar-refractivity contribution in [2.24, 2.45) is 4.99 Å². The van der Waals surface area contributed by atoms with E-state index in [0.717, 1.165) is 16.3 Å². The van der Waals surface area contributed by atoms with Crippen molar-refractivity contribution in [3.05, 3.63) is 41.2 Å².